The molecule has 3 heterocycles. The fraction of sp³-hybridized carbons (Fsp3) is 0.522. The Labute approximate surface area is 195 Å². The van der Waals surface area contributed by atoms with Gasteiger partial charge in [-0.25, -0.2) is 0 Å². The highest BCUT2D eigenvalue weighted by Crippen LogP contribution is 2.60. The predicted octanol–water partition coefficient (Wildman–Crippen LogP) is 1.42. The molecule has 1 spiro atoms. The van der Waals surface area contributed by atoms with Gasteiger partial charge in [-0.1, -0.05) is 52.3 Å². The van der Waals surface area contributed by atoms with Crippen LogP contribution in [0.2, 0.25) is 0 Å². The van der Waals surface area contributed by atoms with Gasteiger partial charge in [0.05, 0.1) is 17.9 Å². The Morgan fingerprint density at radius 1 is 1.34 bits per heavy atom. The topological polar surface area (TPSA) is 107 Å². The number of carboxylic acids is 1. The molecule has 9 heteroatoms. The van der Waals surface area contributed by atoms with E-state index in [1.165, 1.54) is 4.90 Å². The Balaban J connectivity index is 1.73. The van der Waals surface area contributed by atoms with Gasteiger partial charge in [0, 0.05) is 31.1 Å². The summed E-state index contributed by atoms with van der Waals surface area (Å²) in [5.41, 5.74) is -0.275. The largest absolute Gasteiger partial charge is 0.481 e. The van der Waals surface area contributed by atoms with Crippen molar-refractivity contribution < 1.29 is 29.3 Å². The van der Waals surface area contributed by atoms with Gasteiger partial charge in [0.15, 0.2) is 0 Å². The monoisotopic (exact) mass is 506 g/mol. The molecule has 3 saturated heterocycles. The average molecular weight is 507 g/mol. The van der Waals surface area contributed by atoms with Crippen molar-refractivity contribution >= 4 is 33.7 Å². The fourth-order valence-electron chi connectivity index (χ4n) is 5.54. The number of aliphatic hydroxyl groups is 1. The number of aliphatic hydroxyl groups excluding tert-OH is 1. The first-order chi connectivity index (χ1) is 15.4. The van der Waals surface area contributed by atoms with E-state index in [1.807, 2.05) is 30.3 Å². The predicted molar refractivity (Wildman–Crippen MR) is 119 cm³/mol. The number of likely N-dealkylation sites (tertiary alicyclic amines) is 1. The number of hydrogen-bond donors (Lipinski definition) is 2. The Morgan fingerprint density at radius 3 is 2.69 bits per heavy atom. The Hall–Kier alpha value is -2.23. The number of aliphatic carboxylic acids is 1. The van der Waals surface area contributed by atoms with Crippen LogP contribution in [0.25, 0.3) is 0 Å². The number of amides is 2. The molecule has 3 fully saturated rings. The number of carbonyl (C=O) groups excluding carboxylic acids is 2. The molecular weight excluding hydrogens is 480 g/mol. The van der Waals surface area contributed by atoms with Crippen LogP contribution in [0.4, 0.5) is 0 Å². The minimum atomic E-state index is -1.21. The van der Waals surface area contributed by atoms with Crippen molar-refractivity contribution in [1.29, 1.82) is 0 Å². The number of rotatable bonds is 9. The Bertz CT molecular complexity index is 911. The third-order valence-electron chi connectivity index (χ3n) is 6.74. The van der Waals surface area contributed by atoms with Crippen LogP contribution in [-0.4, -0.2) is 80.1 Å². The van der Waals surface area contributed by atoms with E-state index in [9.17, 15) is 24.6 Å². The van der Waals surface area contributed by atoms with Crippen LogP contribution in [0.1, 0.15) is 18.4 Å². The van der Waals surface area contributed by atoms with E-state index in [1.54, 1.807) is 11.0 Å². The average Bonchev–Trinajstić information content (AvgIpc) is 3.35. The zero-order valence-electron chi connectivity index (χ0n) is 17.6. The maximum absolute atomic E-state index is 13.9. The van der Waals surface area contributed by atoms with E-state index in [-0.39, 0.29) is 42.8 Å². The summed E-state index contributed by atoms with van der Waals surface area (Å²) in [4.78, 5) is 42.3. The second-order valence-corrected chi connectivity index (χ2v) is 9.78. The third-order valence-corrected chi connectivity index (χ3v) is 7.59. The van der Waals surface area contributed by atoms with Crippen molar-refractivity contribution in [2.24, 2.45) is 11.8 Å². The van der Waals surface area contributed by atoms with E-state index in [4.69, 9.17) is 4.74 Å². The van der Waals surface area contributed by atoms with Crippen LogP contribution in [0.3, 0.4) is 0 Å². The number of benzene rings is 1. The lowest BCUT2D eigenvalue weighted by Gasteiger charge is -2.37. The number of hydrogen-bond acceptors (Lipinski definition) is 5. The molecule has 0 saturated carbocycles. The molecule has 2 bridgehead atoms. The lowest BCUT2D eigenvalue weighted by Crippen LogP contribution is -2.56. The molecule has 1 unspecified atom stereocenters. The number of carbonyl (C=O) groups is 3. The van der Waals surface area contributed by atoms with E-state index in [0.29, 0.717) is 13.0 Å². The number of fused-ring (bicyclic) bond motifs is 1. The summed E-state index contributed by atoms with van der Waals surface area (Å²) in [6.45, 7) is 4.39. The second kappa shape index (κ2) is 8.96. The van der Waals surface area contributed by atoms with Gasteiger partial charge in [0.25, 0.3) is 0 Å². The number of carboxylic acid groups (broad SMARTS) is 1. The first-order valence-corrected chi connectivity index (χ1v) is 11.7. The van der Waals surface area contributed by atoms with Gasteiger partial charge < -0.3 is 24.7 Å². The molecular formula is C23H27BrN2O6. The van der Waals surface area contributed by atoms with Gasteiger partial charge in [-0.2, -0.15) is 0 Å². The lowest BCUT2D eigenvalue weighted by molar-refractivity contribution is -0.151. The number of ether oxygens (including phenoxy) is 1. The zero-order valence-corrected chi connectivity index (χ0v) is 19.2. The molecule has 1 aromatic carbocycles. The van der Waals surface area contributed by atoms with Crippen molar-refractivity contribution in [3.05, 3.63) is 48.6 Å². The molecule has 32 heavy (non-hydrogen) atoms. The quantitative estimate of drug-likeness (QED) is 0.387. The van der Waals surface area contributed by atoms with Gasteiger partial charge in [0.1, 0.15) is 11.6 Å². The van der Waals surface area contributed by atoms with Gasteiger partial charge in [-0.15, -0.1) is 6.58 Å². The highest BCUT2D eigenvalue weighted by atomic mass is 79.9. The van der Waals surface area contributed by atoms with Crippen LogP contribution >= 0.6 is 15.9 Å². The molecule has 8 nitrogen and oxygen atoms in total. The van der Waals surface area contributed by atoms with Crippen LogP contribution in [0.15, 0.2) is 43.0 Å². The normalized spacial score (nSPS) is 32.8. The summed E-state index contributed by atoms with van der Waals surface area (Å²) in [6.07, 6.45) is 1.62. The Kier molecular flexibility index (Phi) is 6.42. The molecule has 3 aliphatic rings. The minimum absolute atomic E-state index is 0.143. The third kappa shape index (κ3) is 3.56. The molecule has 0 radical (unpaired) electrons. The summed E-state index contributed by atoms with van der Waals surface area (Å²) < 4.78 is 6.24. The maximum Gasteiger partial charge on any atom is 0.310 e. The molecule has 0 aromatic heterocycles. The van der Waals surface area contributed by atoms with Crippen molar-refractivity contribution in [3.63, 3.8) is 0 Å². The standard InChI is InChI=1S/C23H27BrN2O6/c1-2-9-25(13-14-7-4-3-5-8-14)21(29)19-23-12-15(24)18(32-23)16(22(30)31)17(23)20(28)26(19)10-6-11-27/h2-5,7-8,15-19,27H,1,6,9-13H2,(H,30,31)/t15?,16-,17+,18-,19-,23+/m1/s1. The summed E-state index contributed by atoms with van der Waals surface area (Å²) in [6, 6.07) is 8.56. The highest BCUT2D eigenvalue weighted by Gasteiger charge is 2.76. The lowest BCUT2D eigenvalue weighted by atomic mass is 9.70. The molecule has 2 N–H and O–H groups in total. The minimum Gasteiger partial charge on any atom is -0.481 e. The molecule has 4 rings (SSSR count). The second-order valence-electron chi connectivity index (χ2n) is 8.60. The molecule has 2 amide bonds. The summed E-state index contributed by atoms with van der Waals surface area (Å²) >= 11 is 3.53. The first kappa shape index (κ1) is 22.9. The van der Waals surface area contributed by atoms with Crippen molar-refractivity contribution in [2.45, 2.75) is 42.0 Å². The SMILES string of the molecule is C=CCN(Cc1ccccc1)C(=O)[C@H]1N(CCCO)C(=O)[C@@H]2[C@@H](C(=O)O)[C@@H]3O[C@@]21CC3Br. The number of nitrogens with zero attached hydrogens (tertiary/aromatic N) is 2. The van der Waals surface area contributed by atoms with Gasteiger partial charge >= 0.3 is 5.97 Å². The van der Waals surface area contributed by atoms with Crippen molar-refractivity contribution in [1.82, 2.24) is 9.80 Å². The maximum atomic E-state index is 13.9. The van der Waals surface area contributed by atoms with Gasteiger partial charge in [-0.3, -0.25) is 14.4 Å². The molecule has 6 atom stereocenters. The van der Waals surface area contributed by atoms with E-state index >= 15 is 0 Å². The van der Waals surface area contributed by atoms with E-state index < -0.39 is 35.6 Å². The van der Waals surface area contributed by atoms with E-state index in [2.05, 4.69) is 22.5 Å². The summed E-state index contributed by atoms with van der Waals surface area (Å²) in [5, 5.41) is 19.2. The number of alkyl halides is 1. The fourth-order valence-corrected chi connectivity index (χ4v) is 6.48. The molecule has 0 aliphatic carbocycles. The highest BCUT2D eigenvalue weighted by molar-refractivity contribution is 9.09. The Morgan fingerprint density at radius 2 is 2.06 bits per heavy atom. The molecule has 1 aromatic rings. The van der Waals surface area contributed by atoms with Crippen LogP contribution < -0.4 is 0 Å². The zero-order chi connectivity index (χ0) is 23.0. The molecule has 172 valence electrons. The summed E-state index contributed by atoms with van der Waals surface area (Å²) in [5.74, 6) is -3.72. The van der Waals surface area contributed by atoms with Gasteiger partial charge in [0.2, 0.25) is 11.8 Å². The summed E-state index contributed by atoms with van der Waals surface area (Å²) in [7, 11) is 0. The number of halogens is 1. The van der Waals surface area contributed by atoms with Gasteiger partial charge in [-0.05, 0) is 18.4 Å². The van der Waals surface area contributed by atoms with Crippen LogP contribution in [0, 0.1) is 11.8 Å². The van der Waals surface area contributed by atoms with E-state index in [0.717, 1.165) is 5.56 Å². The van der Waals surface area contributed by atoms with Crippen molar-refractivity contribution in [2.75, 3.05) is 19.7 Å². The van der Waals surface area contributed by atoms with Crippen molar-refractivity contribution in [3.8, 4) is 0 Å². The van der Waals surface area contributed by atoms with Crippen LogP contribution in [-0.2, 0) is 25.7 Å². The first-order valence-electron chi connectivity index (χ1n) is 10.8. The van der Waals surface area contributed by atoms with Crippen LogP contribution in [0.5, 0.6) is 0 Å². The molecule has 3 aliphatic heterocycles. The smallest absolute Gasteiger partial charge is 0.310 e.